The summed E-state index contributed by atoms with van der Waals surface area (Å²) in [6.45, 7) is 0. The molecule has 3 aromatic rings. The van der Waals surface area contributed by atoms with E-state index in [1.54, 1.807) is 12.1 Å². The molecule has 0 atom stereocenters. The molecule has 21 heavy (non-hydrogen) atoms. The third-order valence-corrected chi connectivity index (χ3v) is 3.48. The van der Waals surface area contributed by atoms with Gasteiger partial charge in [-0.05, 0) is 18.2 Å². The molecule has 0 saturated carbocycles. The fourth-order valence-electron chi connectivity index (χ4n) is 2.36. The first-order chi connectivity index (χ1) is 10.2. The molecule has 0 aliphatic rings. The van der Waals surface area contributed by atoms with E-state index in [0.29, 0.717) is 11.1 Å². The minimum Gasteiger partial charge on any atom is -0.469 e. The molecule has 0 spiro atoms. The first-order valence-corrected chi connectivity index (χ1v) is 6.70. The van der Waals surface area contributed by atoms with Crippen molar-refractivity contribution in [2.75, 3.05) is 7.11 Å². The monoisotopic (exact) mass is 282 g/mol. The number of benzene rings is 2. The molecule has 1 aromatic heterocycles. The Morgan fingerprint density at radius 3 is 2.57 bits per heavy atom. The molecule has 0 radical (unpaired) electrons. The molecule has 106 valence electrons. The van der Waals surface area contributed by atoms with Crippen molar-refractivity contribution in [1.82, 2.24) is 0 Å². The summed E-state index contributed by atoms with van der Waals surface area (Å²) in [5.41, 5.74) is 2.03. The lowest BCUT2D eigenvalue weighted by atomic mass is 10.0. The van der Waals surface area contributed by atoms with Gasteiger partial charge in [0, 0.05) is 22.8 Å². The minimum atomic E-state index is -0.381. The van der Waals surface area contributed by atoms with Crippen molar-refractivity contribution in [1.29, 1.82) is 0 Å². The number of ether oxygens (including phenoxy) is 1. The molecule has 4 heteroatoms. The van der Waals surface area contributed by atoms with E-state index in [-0.39, 0.29) is 24.6 Å². The highest BCUT2D eigenvalue weighted by atomic mass is 16.5. The van der Waals surface area contributed by atoms with Gasteiger partial charge in [0.2, 0.25) is 0 Å². The Kier molecular flexibility index (Phi) is 3.44. The normalized spacial score (nSPS) is 10.9. The first kappa shape index (κ1) is 13.4. The smallest absolute Gasteiger partial charge is 0.305 e. The molecular formula is C17H14O4. The van der Waals surface area contributed by atoms with Crippen LogP contribution in [0.4, 0.5) is 0 Å². The van der Waals surface area contributed by atoms with Crippen LogP contribution in [0.1, 0.15) is 23.2 Å². The van der Waals surface area contributed by atoms with Crippen molar-refractivity contribution in [2.24, 2.45) is 0 Å². The van der Waals surface area contributed by atoms with Gasteiger partial charge in [-0.1, -0.05) is 24.3 Å². The second-order valence-electron chi connectivity index (χ2n) is 4.81. The van der Waals surface area contributed by atoms with Gasteiger partial charge in [-0.2, -0.15) is 0 Å². The maximum atomic E-state index is 12.1. The molecule has 0 unspecified atom stereocenters. The number of para-hydroxylation sites is 1. The van der Waals surface area contributed by atoms with Gasteiger partial charge in [0.1, 0.15) is 11.2 Å². The highest BCUT2D eigenvalue weighted by molar-refractivity contribution is 6.08. The van der Waals surface area contributed by atoms with Crippen LogP contribution < -0.4 is 0 Å². The van der Waals surface area contributed by atoms with Gasteiger partial charge in [-0.25, -0.2) is 0 Å². The Morgan fingerprint density at radius 2 is 1.76 bits per heavy atom. The van der Waals surface area contributed by atoms with Crippen LogP contribution in [0.3, 0.4) is 0 Å². The minimum absolute atomic E-state index is 0.0908. The third-order valence-electron chi connectivity index (χ3n) is 3.48. The highest BCUT2D eigenvalue weighted by Crippen LogP contribution is 2.29. The zero-order valence-corrected chi connectivity index (χ0v) is 11.6. The van der Waals surface area contributed by atoms with Gasteiger partial charge < -0.3 is 9.15 Å². The average molecular weight is 282 g/mol. The maximum Gasteiger partial charge on any atom is 0.305 e. The predicted octanol–water partition coefficient (Wildman–Crippen LogP) is 3.72. The van der Waals surface area contributed by atoms with Crippen LogP contribution in [0.15, 0.2) is 46.9 Å². The van der Waals surface area contributed by atoms with Gasteiger partial charge in [-0.15, -0.1) is 0 Å². The summed E-state index contributed by atoms with van der Waals surface area (Å²) in [5.74, 6) is -0.476. The number of methoxy groups -OCH3 is 1. The average Bonchev–Trinajstić information content (AvgIpc) is 2.89. The number of ketones is 1. The number of fused-ring (bicyclic) bond motifs is 3. The lowest BCUT2D eigenvalue weighted by molar-refractivity contribution is -0.140. The molecule has 0 saturated heterocycles. The van der Waals surface area contributed by atoms with Gasteiger partial charge in [0.15, 0.2) is 5.78 Å². The van der Waals surface area contributed by atoms with Crippen LogP contribution in [-0.2, 0) is 9.53 Å². The summed E-state index contributed by atoms with van der Waals surface area (Å²) in [5, 5.41) is 2.01. The fraction of sp³-hybridized carbons (Fsp3) is 0.176. The molecule has 0 amide bonds. The van der Waals surface area contributed by atoms with Crippen molar-refractivity contribution in [2.45, 2.75) is 12.8 Å². The van der Waals surface area contributed by atoms with E-state index >= 15 is 0 Å². The van der Waals surface area contributed by atoms with E-state index in [1.165, 1.54) is 7.11 Å². The molecule has 0 N–H and O–H groups in total. The van der Waals surface area contributed by atoms with E-state index in [2.05, 4.69) is 4.74 Å². The van der Waals surface area contributed by atoms with Crippen molar-refractivity contribution in [3.8, 4) is 0 Å². The number of esters is 1. The lowest BCUT2D eigenvalue weighted by Gasteiger charge is -2.00. The van der Waals surface area contributed by atoms with Crippen LogP contribution in [0.25, 0.3) is 21.9 Å². The number of carbonyl (C=O) groups excluding carboxylic acids is 2. The van der Waals surface area contributed by atoms with Crippen molar-refractivity contribution < 1.29 is 18.7 Å². The summed E-state index contributed by atoms with van der Waals surface area (Å²) in [7, 11) is 1.31. The standard InChI is InChI=1S/C17H14O4/c1-20-17(19)9-8-14(18)11-6-7-13-12-4-2-3-5-15(12)21-16(13)10-11/h2-7,10H,8-9H2,1H3. The summed E-state index contributed by atoms with van der Waals surface area (Å²) < 4.78 is 10.3. The molecule has 4 nitrogen and oxygen atoms in total. The molecule has 1 heterocycles. The molecule has 0 fully saturated rings. The number of rotatable bonds is 4. The van der Waals surface area contributed by atoms with Gasteiger partial charge in [0.25, 0.3) is 0 Å². The van der Waals surface area contributed by atoms with E-state index in [9.17, 15) is 9.59 Å². The second-order valence-corrected chi connectivity index (χ2v) is 4.81. The van der Waals surface area contributed by atoms with Crippen molar-refractivity contribution in [3.63, 3.8) is 0 Å². The predicted molar refractivity (Wildman–Crippen MR) is 79.3 cm³/mol. The quantitative estimate of drug-likeness (QED) is 0.540. The van der Waals surface area contributed by atoms with Crippen LogP contribution in [-0.4, -0.2) is 18.9 Å². The van der Waals surface area contributed by atoms with E-state index < -0.39 is 0 Å². The highest BCUT2D eigenvalue weighted by Gasteiger charge is 2.12. The Hall–Kier alpha value is -2.62. The van der Waals surface area contributed by atoms with E-state index in [1.807, 2.05) is 30.3 Å². The second kappa shape index (κ2) is 5.40. The Morgan fingerprint density at radius 1 is 1.00 bits per heavy atom. The summed E-state index contributed by atoms with van der Waals surface area (Å²) in [6.07, 6.45) is 0.228. The topological polar surface area (TPSA) is 56.5 Å². The first-order valence-electron chi connectivity index (χ1n) is 6.70. The Bertz CT molecular complexity index is 829. The Labute approximate surface area is 121 Å². The maximum absolute atomic E-state index is 12.1. The van der Waals surface area contributed by atoms with Crippen molar-refractivity contribution in [3.05, 3.63) is 48.0 Å². The zero-order chi connectivity index (χ0) is 14.8. The molecular weight excluding hydrogens is 268 g/mol. The van der Waals surface area contributed by atoms with Crippen LogP contribution in [0, 0.1) is 0 Å². The lowest BCUT2D eigenvalue weighted by Crippen LogP contribution is -2.05. The Balaban J connectivity index is 1.92. The SMILES string of the molecule is COC(=O)CCC(=O)c1ccc2c(c1)oc1ccccc12. The largest absolute Gasteiger partial charge is 0.469 e. The molecule has 3 rings (SSSR count). The van der Waals surface area contributed by atoms with Crippen molar-refractivity contribution >= 4 is 33.7 Å². The summed E-state index contributed by atoms with van der Waals surface area (Å²) >= 11 is 0. The number of furan rings is 1. The third kappa shape index (κ3) is 2.52. The van der Waals surface area contributed by atoms with Crippen LogP contribution in [0.5, 0.6) is 0 Å². The molecule has 0 aliphatic heterocycles. The number of hydrogen-bond donors (Lipinski definition) is 0. The zero-order valence-electron chi connectivity index (χ0n) is 11.6. The molecule has 0 aliphatic carbocycles. The van der Waals surface area contributed by atoms with Crippen LogP contribution in [0.2, 0.25) is 0 Å². The number of Topliss-reactive ketones (excluding diaryl/α,β-unsaturated/α-hetero) is 1. The summed E-state index contributed by atoms with van der Waals surface area (Å²) in [6, 6.07) is 13.1. The summed E-state index contributed by atoms with van der Waals surface area (Å²) in [4.78, 5) is 23.2. The molecule has 0 bridgehead atoms. The van der Waals surface area contributed by atoms with Gasteiger partial charge in [-0.3, -0.25) is 9.59 Å². The van der Waals surface area contributed by atoms with E-state index in [4.69, 9.17) is 4.42 Å². The van der Waals surface area contributed by atoms with Gasteiger partial charge in [0.05, 0.1) is 13.5 Å². The fourth-order valence-corrected chi connectivity index (χ4v) is 2.36. The van der Waals surface area contributed by atoms with E-state index in [0.717, 1.165) is 16.4 Å². The van der Waals surface area contributed by atoms with Gasteiger partial charge >= 0.3 is 5.97 Å². The number of hydrogen-bond acceptors (Lipinski definition) is 4. The molecule has 2 aromatic carbocycles. The number of carbonyl (C=O) groups is 2. The van der Waals surface area contributed by atoms with Crippen LogP contribution >= 0.6 is 0 Å².